The number of nitro groups is 1. The number of benzene rings is 2. The lowest BCUT2D eigenvalue weighted by molar-refractivity contribution is -0.385. The van der Waals surface area contributed by atoms with Crippen molar-refractivity contribution < 1.29 is 23.9 Å². The van der Waals surface area contributed by atoms with Gasteiger partial charge in [0.05, 0.1) is 12.0 Å². The van der Waals surface area contributed by atoms with E-state index in [1.165, 1.54) is 7.11 Å². The molecule has 0 bridgehead atoms. The van der Waals surface area contributed by atoms with Gasteiger partial charge in [-0.2, -0.15) is 4.98 Å². The smallest absolute Gasteiger partial charge is 0.374 e. The van der Waals surface area contributed by atoms with Crippen molar-refractivity contribution in [2.75, 3.05) is 19.1 Å². The Hall–Kier alpha value is -4.41. The summed E-state index contributed by atoms with van der Waals surface area (Å²) in [6.07, 6.45) is 1.07. The van der Waals surface area contributed by atoms with E-state index in [1.54, 1.807) is 48.5 Å². The summed E-state index contributed by atoms with van der Waals surface area (Å²) in [6.45, 7) is -0.300. The zero-order valence-electron chi connectivity index (χ0n) is 15.8. The monoisotopic (exact) mass is 411 g/mol. The molecule has 1 heterocycles. The second kappa shape index (κ2) is 9.68. The molecule has 11 nitrogen and oxygen atoms in total. The molecule has 1 aromatic heterocycles. The topological polar surface area (TPSA) is 138 Å². The van der Waals surface area contributed by atoms with Crippen molar-refractivity contribution in [1.29, 1.82) is 0 Å². The van der Waals surface area contributed by atoms with Crippen molar-refractivity contribution in [2.24, 2.45) is 0 Å². The molecule has 0 saturated heterocycles. The molecule has 3 aromatic rings. The summed E-state index contributed by atoms with van der Waals surface area (Å²) >= 11 is 0. The lowest BCUT2D eigenvalue weighted by Crippen LogP contribution is -2.34. The number of anilines is 1. The largest absolute Gasteiger partial charge is 0.497 e. The van der Waals surface area contributed by atoms with E-state index in [4.69, 9.17) is 14.2 Å². The van der Waals surface area contributed by atoms with Crippen molar-refractivity contribution in [2.45, 2.75) is 0 Å². The van der Waals surface area contributed by atoms with Crippen LogP contribution in [0.25, 0.3) is 0 Å². The highest BCUT2D eigenvalue weighted by Gasteiger charge is 2.25. The predicted molar refractivity (Wildman–Crippen MR) is 105 cm³/mol. The minimum absolute atomic E-state index is 0.244. The van der Waals surface area contributed by atoms with Crippen molar-refractivity contribution in [1.82, 2.24) is 15.4 Å². The fourth-order valence-corrected chi connectivity index (χ4v) is 2.28. The molecule has 11 heteroatoms. The molecule has 0 aliphatic heterocycles. The highest BCUT2D eigenvalue weighted by atomic mass is 16.6. The molecule has 30 heavy (non-hydrogen) atoms. The lowest BCUT2D eigenvalue weighted by atomic mass is 10.3. The van der Waals surface area contributed by atoms with Gasteiger partial charge < -0.3 is 14.2 Å². The number of rotatable bonds is 9. The number of hydrogen-bond donors (Lipinski definition) is 2. The van der Waals surface area contributed by atoms with Crippen LogP contribution in [0.2, 0.25) is 0 Å². The van der Waals surface area contributed by atoms with E-state index in [0.717, 1.165) is 6.33 Å². The summed E-state index contributed by atoms with van der Waals surface area (Å²) < 4.78 is 15.9. The van der Waals surface area contributed by atoms with E-state index in [2.05, 4.69) is 20.8 Å². The Balaban J connectivity index is 1.67. The SMILES string of the molecule is COc1ccc(Oc2ncnc(NNC(=O)COc3ccccc3)c2[N+](=O)[O-])cc1. The molecule has 154 valence electrons. The second-order valence-electron chi connectivity index (χ2n) is 5.69. The molecule has 0 unspecified atom stereocenters. The van der Waals surface area contributed by atoms with E-state index in [-0.39, 0.29) is 18.3 Å². The number of hydrazine groups is 1. The van der Waals surface area contributed by atoms with Gasteiger partial charge in [0, 0.05) is 0 Å². The first-order valence-corrected chi connectivity index (χ1v) is 8.61. The third-order valence-electron chi connectivity index (χ3n) is 3.68. The number of hydrogen-bond acceptors (Lipinski definition) is 9. The fraction of sp³-hybridized carbons (Fsp3) is 0.105. The number of para-hydroxylation sites is 1. The summed E-state index contributed by atoms with van der Waals surface area (Å²) in [6, 6.07) is 15.1. The summed E-state index contributed by atoms with van der Waals surface area (Å²) in [4.78, 5) is 30.4. The Morgan fingerprint density at radius 1 is 1.03 bits per heavy atom. The average molecular weight is 411 g/mol. The van der Waals surface area contributed by atoms with Crippen LogP contribution < -0.4 is 25.1 Å². The summed E-state index contributed by atoms with van der Waals surface area (Å²) in [5.41, 5.74) is 4.15. The van der Waals surface area contributed by atoms with Crippen molar-refractivity contribution in [3.05, 3.63) is 71.0 Å². The molecule has 2 aromatic carbocycles. The number of nitrogens with zero attached hydrogens (tertiary/aromatic N) is 3. The van der Waals surface area contributed by atoms with Crippen LogP contribution in [0.3, 0.4) is 0 Å². The van der Waals surface area contributed by atoms with Gasteiger partial charge in [0.15, 0.2) is 6.61 Å². The Kier molecular flexibility index (Phi) is 6.56. The minimum Gasteiger partial charge on any atom is -0.497 e. The van der Waals surface area contributed by atoms with Crippen molar-refractivity contribution >= 4 is 17.4 Å². The standard InChI is InChI=1S/C19H17N5O6/c1-28-13-7-9-15(10-8-13)30-19-17(24(26)27)18(20-12-21-19)23-22-16(25)11-29-14-5-3-2-4-6-14/h2-10,12H,11H2,1H3,(H,22,25)(H,20,21,23). The number of nitrogens with one attached hydrogen (secondary N) is 2. The first kappa shape index (κ1) is 20.3. The molecule has 3 rings (SSSR count). The maximum absolute atomic E-state index is 12.0. The van der Waals surface area contributed by atoms with Crippen LogP contribution in [0.5, 0.6) is 23.1 Å². The van der Waals surface area contributed by atoms with E-state index in [9.17, 15) is 14.9 Å². The van der Waals surface area contributed by atoms with E-state index in [1.807, 2.05) is 6.07 Å². The molecule has 0 atom stereocenters. The number of carbonyl (C=O) groups is 1. The summed E-state index contributed by atoms with van der Waals surface area (Å²) in [5.74, 6) is 0.315. The Bertz CT molecular complexity index is 1010. The first-order chi connectivity index (χ1) is 14.6. The average Bonchev–Trinajstić information content (AvgIpc) is 2.77. The number of methoxy groups -OCH3 is 1. The first-order valence-electron chi connectivity index (χ1n) is 8.61. The van der Waals surface area contributed by atoms with Crippen LogP contribution in [0.4, 0.5) is 11.5 Å². The maximum Gasteiger partial charge on any atom is 0.374 e. The Morgan fingerprint density at radius 3 is 2.40 bits per heavy atom. The third-order valence-corrected chi connectivity index (χ3v) is 3.68. The molecule has 0 aliphatic rings. The quantitative estimate of drug-likeness (QED) is 0.402. The molecule has 0 spiro atoms. The molecule has 0 saturated carbocycles. The van der Waals surface area contributed by atoms with Gasteiger partial charge in [-0.1, -0.05) is 18.2 Å². The highest BCUT2D eigenvalue weighted by molar-refractivity contribution is 5.79. The number of ether oxygens (including phenoxy) is 3. The van der Waals surface area contributed by atoms with Gasteiger partial charge in [-0.25, -0.2) is 4.98 Å². The number of aromatic nitrogens is 2. The van der Waals surface area contributed by atoms with Gasteiger partial charge in [0.1, 0.15) is 23.6 Å². The van der Waals surface area contributed by atoms with Crippen molar-refractivity contribution in [3.8, 4) is 23.1 Å². The van der Waals surface area contributed by atoms with E-state index >= 15 is 0 Å². The van der Waals surface area contributed by atoms with Crippen LogP contribution >= 0.6 is 0 Å². The maximum atomic E-state index is 12.0. The highest BCUT2D eigenvalue weighted by Crippen LogP contribution is 2.34. The normalized spacial score (nSPS) is 10.0. The fourth-order valence-electron chi connectivity index (χ4n) is 2.28. The molecular weight excluding hydrogens is 394 g/mol. The Morgan fingerprint density at radius 2 is 1.73 bits per heavy atom. The van der Waals surface area contributed by atoms with Gasteiger partial charge in [-0.15, -0.1) is 0 Å². The van der Waals surface area contributed by atoms with Crippen LogP contribution in [0, 0.1) is 10.1 Å². The number of carbonyl (C=O) groups excluding carboxylic acids is 1. The number of amides is 1. The van der Waals surface area contributed by atoms with Gasteiger partial charge in [0.25, 0.3) is 5.91 Å². The van der Waals surface area contributed by atoms with Crippen LogP contribution in [-0.4, -0.2) is 34.5 Å². The van der Waals surface area contributed by atoms with Gasteiger partial charge >= 0.3 is 11.6 Å². The van der Waals surface area contributed by atoms with Crippen LogP contribution in [0.1, 0.15) is 0 Å². The lowest BCUT2D eigenvalue weighted by Gasteiger charge is -2.11. The molecule has 0 aliphatic carbocycles. The minimum atomic E-state index is -0.714. The van der Waals surface area contributed by atoms with Gasteiger partial charge in [-0.3, -0.25) is 25.8 Å². The molecule has 0 radical (unpaired) electrons. The molecule has 0 fully saturated rings. The summed E-state index contributed by atoms with van der Waals surface area (Å²) in [7, 11) is 1.52. The predicted octanol–water partition coefficient (Wildman–Crippen LogP) is 2.71. The van der Waals surface area contributed by atoms with E-state index in [0.29, 0.717) is 17.2 Å². The third kappa shape index (κ3) is 5.32. The molecular formula is C19H17N5O6. The van der Waals surface area contributed by atoms with Crippen molar-refractivity contribution in [3.63, 3.8) is 0 Å². The van der Waals surface area contributed by atoms with Crippen LogP contribution in [-0.2, 0) is 4.79 Å². The molecule has 1 amide bonds. The second-order valence-corrected chi connectivity index (χ2v) is 5.69. The zero-order chi connectivity index (χ0) is 21.3. The zero-order valence-corrected chi connectivity index (χ0v) is 15.8. The summed E-state index contributed by atoms with van der Waals surface area (Å²) in [5, 5.41) is 11.5. The van der Waals surface area contributed by atoms with Crippen LogP contribution in [0.15, 0.2) is 60.9 Å². The molecule has 2 N–H and O–H groups in total. The van der Waals surface area contributed by atoms with Gasteiger partial charge in [-0.05, 0) is 36.4 Å². The van der Waals surface area contributed by atoms with Gasteiger partial charge in [0.2, 0.25) is 5.82 Å². The Labute approximate surface area is 170 Å². The van der Waals surface area contributed by atoms with E-state index < -0.39 is 16.5 Å².